The van der Waals surface area contributed by atoms with Gasteiger partial charge in [0.1, 0.15) is 36.9 Å². The van der Waals surface area contributed by atoms with E-state index in [-0.39, 0.29) is 37.7 Å². The second-order valence-electron chi connectivity index (χ2n) is 8.44. The lowest BCUT2D eigenvalue weighted by Gasteiger charge is -2.27. The van der Waals surface area contributed by atoms with Crippen molar-refractivity contribution in [2.75, 3.05) is 19.1 Å². The van der Waals surface area contributed by atoms with E-state index in [1.807, 2.05) is 42.5 Å². The molecular formula is C24H29BrClN3O5. The van der Waals surface area contributed by atoms with E-state index in [1.54, 1.807) is 0 Å². The Labute approximate surface area is 212 Å². The molecule has 0 fully saturated rings. The first-order valence-corrected chi connectivity index (χ1v) is 12.1. The minimum atomic E-state index is -0.799. The van der Waals surface area contributed by atoms with Crippen molar-refractivity contribution in [1.29, 1.82) is 0 Å². The van der Waals surface area contributed by atoms with Crippen LogP contribution in [0.15, 0.2) is 53.1 Å². The quantitative estimate of drug-likeness (QED) is 0.295. The van der Waals surface area contributed by atoms with Gasteiger partial charge in [0.25, 0.3) is 0 Å². The van der Waals surface area contributed by atoms with Gasteiger partial charge in [-0.3, -0.25) is 0 Å². The number of aliphatic hydroxyl groups is 3. The molecule has 0 spiro atoms. The van der Waals surface area contributed by atoms with E-state index in [0.29, 0.717) is 17.2 Å². The minimum absolute atomic E-state index is 0.0836. The Hall–Kier alpha value is -2.17. The van der Waals surface area contributed by atoms with Crippen LogP contribution in [-0.2, 0) is 18.6 Å². The summed E-state index contributed by atoms with van der Waals surface area (Å²) < 4.78 is 13.6. The van der Waals surface area contributed by atoms with E-state index in [9.17, 15) is 15.3 Å². The number of aromatic nitrogens is 3. The van der Waals surface area contributed by atoms with Gasteiger partial charge in [0.05, 0.1) is 35.4 Å². The highest BCUT2D eigenvalue weighted by Gasteiger charge is 2.24. The summed E-state index contributed by atoms with van der Waals surface area (Å²) in [6.45, 7) is 4.45. The molecule has 184 valence electrons. The third-order valence-corrected chi connectivity index (χ3v) is 6.50. The zero-order chi connectivity index (χ0) is 24.7. The molecule has 8 nitrogen and oxygen atoms in total. The van der Waals surface area contributed by atoms with Gasteiger partial charge < -0.3 is 24.8 Å². The first-order chi connectivity index (χ1) is 16.2. The topological polar surface area (TPSA) is 110 Å². The normalized spacial score (nSPS) is 13.5. The maximum atomic E-state index is 10.2. The Balaban J connectivity index is 1.61. The molecule has 1 aromatic heterocycles. The number of benzene rings is 2. The number of hydrogen-bond acceptors (Lipinski definition) is 7. The predicted molar refractivity (Wildman–Crippen MR) is 132 cm³/mol. The Morgan fingerprint density at radius 3 is 2.35 bits per heavy atom. The first kappa shape index (κ1) is 26.4. The Kier molecular flexibility index (Phi) is 9.32. The van der Waals surface area contributed by atoms with Crippen molar-refractivity contribution in [2.24, 2.45) is 0 Å². The average molecular weight is 555 g/mol. The van der Waals surface area contributed by atoms with E-state index < -0.39 is 12.2 Å². The van der Waals surface area contributed by atoms with Crippen molar-refractivity contribution in [3.8, 4) is 11.5 Å². The van der Waals surface area contributed by atoms with Gasteiger partial charge in [0.2, 0.25) is 0 Å². The standard InChI is InChI=1S/C24H29BrClN3O5/c1-24(2,17-5-8-23(22(25)9-17)34-14-19(31)10-26)16-3-6-21(7-4-16)33-15-20(32)12-29-18(13-30)11-27-28-29/h3-9,11,19-20,30-32H,10,12-15H2,1-2H3/t19-,20+/m0/s1. The monoisotopic (exact) mass is 553 g/mol. The van der Waals surface area contributed by atoms with E-state index in [1.165, 1.54) is 10.9 Å². The third kappa shape index (κ3) is 6.70. The number of aliphatic hydroxyl groups excluding tert-OH is 3. The van der Waals surface area contributed by atoms with Crippen LogP contribution in [0, 0.1) is 0 Å². The van der Waals surface area contributed by atoms with E-state index in [4.69, 9.17) is 21.1 Å². The average Bonchev–Trinajstić information content (AvgIpc) is 3.28. The number of alkyl halides is 1. The summed E-state index contributed by atoms with van der Waals surface area (Å²) in [6.07, 6.45) is -0.0574. The van der Waals surface area contributed by atoms with Crippen molar-refractivity contribution in [3.05, 3.63) is 70.0 Å². The van der Waals surface area contributed by atoms with Crippen LogP contribution in [0.25, 0.3) is 0 Å². The van der Waals surface area contributed by atoms with E-state index in [0.717, 1.165) is 15.6 Å². The van der Waals surface area contributed by atoms with Gasteiger partial charge >= 0.3 is 0 Å². The van der Waals surface area contributed by atoms with E-state index >= 15 is 0 Å². The molecule has 34 heavy (non-hydrogen) atoms. The predicted octanol–water partition coefficient (Wildman–Crippen LogP) is 3.28. The second kappa shape index (κ2) is 12.0. The molecule has 3 aromatic rings. The number of halogens is 2. The van der Waals surface area contributed by atoms with Gasteiger partial charge in [-0.05, 0) is 51.3 Å². The smallest absolute Gasteiger partial charge is 0.133 e. The summed E-state index contributed by atoms with van der Waals surface area (Å²) >= 11 is 9.17. The van der Waals surface area contributed by atoms with Gasteiger partial charge in [-0.25, -0.2) is 4.68 Å². The molecule has 0 bridgehead atoms. The Bertz CT molecular complexity index is 1060. The molecule has 2 atom stereocenters. The lowest BCUT2D eigenvalue weighted by Crippen LogP contribution is -2.25. The molecule has 0 amide bonds. The number of hydrogen-bond donors (Lipinski definition) is 3. The molecule has 0 unspecified atom stereocenters. The molecule has 0 radical (unpaired) electrons. The molecular weight excluding hydrogens is 526 g/mol. The summed E-state index contributed by atoms with van der Waals surface area (Å²) in [7, 11) is 0. The molecule has 3 rings (SSSR count). The van der Waals surface area contributed by atoms with Crippen LogP contribution in [0.4, 0.5) is 0 Å². The maximum Gasteiger partial charge on any atom is 0.133 e. The summed E-state index contributed by atoms with van der Waals surface area (Å²) in [4.78, 5) is 0. The second-order valence-corrected chi connectivity index (χ2v) is 9.61. The minimum Gasteiger partial charge on any atom is -0.491 e. The first-order valence-electron chi connectivity index (χ1n) is 10.8. The number of rotatable bonds is 12. The Morgan fingerprint density at radius 1 is 1.03 bits per heavy atom. The molecule has 0 aliphatic rings. The molecule has 0 aliphatic heterocycles. The Morgan fingerprint density at radius 2 is 1.71 bits per heavy atom. The van der Waals surface area contributed by atoms with Crippen LogP contribution in [0.5, 0.6) is 11.5 Å². The van der Waals surface area contributed by atoms with Crippen LogP contribution in [0.1, 0.15) is 30.7 Å². The van der Waals surface area contributed by atoms with Gasteiger partial charge in [-0.2, -0.15) is 0 Å². The zero-order valence-electron chi connectivity index (χ0n) is 19.1. The van der Waals surface area contributed by atoms with Crippen LogP contribution in [0.3, 0.4) is 0 Å². The van der Waals surface area contributed by atoms with Gasteiger partial charge in [0.15, 0.2) is 0 Å². The largest absolute Gasteiger partial charge is 0.491 e. The van der Waals surface area contributed by atoms with Crippen LogP contribution in [0.2, 0.25) is 0 Å². The van der Waals surface area contributed by atoms with Crippen molar-refractivity contribution >= 4 is 27.5 Å². The summed E-state index contributed by atoms with van der Waals surface area (Å²) in [5.41, 5.74) is 2.42. The van der Waals surface area contributed by atoms with Crippen molar-refractivity contribution in [3.63, 3.8) is 0 Å². The van der Waals surface area contributed by atoms with Crippen molar-refractivity contribution < 1.29 is 24.8 Å². The molecule has 0 aliphatic carbocycles. The summed E-state index contributed by atoms with van der Waals surface area (Å²) in [5, 5.41) is 36.7. The highest BCUT2D eigenvalue weighted by Crippen LogP contribution is 2.36. The van der Waals surface area contributed by atoms with Crippen LogP contribution < -0.4 is 9.47 Å². The SMILES string of the molecule is CC(C)(c1ccc(OC[C@H](O)Cn2nncc2CO)cc1)c1ccc(OC[C@@H](O)CCl)c(Br)c1. The molecule has 1 heterocycles. The fraction of sp³-hybridized carbons (Fsp3) is 0.417. The molecule has 0 saturated heterocycles. The zero-order valence-corrected chi connectivity index (χ0v) is 21.4. The summed E-state index contributed by atoms with van der Waals surface area (Å²) in [5.74, 6) is 1.40. The molecule has 10 heteroatoms. The summed E-state index contributed by atoms with van der Waals surface area (Å²) in [6, 6.07) is 13.6. The molecule has 2 aromatic carbocycles. The number of ether oxygens (including phenoxy) is 2. The van der Waals surface area contributed by atoms with Gasteiger partial charge in [0, 0.05) is 5.41 Å². The number of nitrogens with zero attached hydrogens (tertiary/aromatic N) is 3. The van der Waals surface area contributed by atoms with Crippen LogP contribution in [-0.4, -0.2) is 61.6 Å². The molecule has 0 saturated carbocycles. The van der Waals surface area contributed by atoms with Crippen LogP contribution >= 0.6 is 27.5 Å². The van der Waals surface area contributed by atoms with Crippen molar-refractivity contribution in [1.82, 2.24) is 15.0 Å². The lowest BCUT2D eigenvalue weighted by molar-refractivity contribution is 0.0866. The van der Waals surface area contributed by atoms with Crippen molar-refractivity contribution in [2.45, 2.75) is 44.6 Å². The highest BCUT2D eigenvalue weighted by atomic mass is 79.9. The van der Waals surface area contributed by atoms with E-state index in [2.05, 4.69) is 40.1 Å². The fourth-order valence-electron chi connectivity index (χ4n) is 3.37. The van der Waals surface area contributed by atoms with Gasteiger partial charge in [-0.15, -0.1) is 16.7 Å². The fourth-order valence-corrected chi connectivity index (χ4v) is 3.95. The highest BCUT2D eigenvalue weighted by molar-refractivity contribution is 9.10. The lowest BCUT2D eigenvalue weighted by atomic mass is 9.78. The molecule has 3 N–H and O–H groups in total. The third-order valence-electron chi connectivity index (χ3n) is 5.52. The maximum absolute atomic E-state index is 10.2. The van der Waals surface area contributed by atoms with Gasteiger partial charge in [-0.1, -0.05) is 37.3 Å².